The predicted molar refractivity (Wildman–Crippen MR) is 84.8 cm³/mol. The molecule has 3 fully saturated rings. The molecule has 2 aliphatic carbocycles. The Balaban J connectivity index is 1.51. The normalized spacial score (nSPS) is 38.4. The van der Waals surface area contributed by atoms with Crippen molar-refractivity contribution in [3.05, 3.63) is 0 Å². The fourth-order valence-electron chi connectivity index (χ4n) is 4.75. The SMILES string of the molecule is CCC1CCC(N)C(N2CCN(C3CCCC3)CC2)C1. The van der Waals surface area contributed by atoms with E-state index in [1.807, 2.05) is 0 Å². The molecule has 2 N–H and O–H groups in total. The molecule has 0 aromatic heterocycles. The third-order valence-corrected chi connectivity index (χ3v) is 6.21. The van der Waals surface area contributed by atoms with Crippen LogP contribution in [0.3, 0.4) is 0 Å². The van der Waals surface area contributed by atoms with E-state index in [-0.39, 0.29) is 0 Å². The summed E-state index contributed by atoms with van der Waals surface area (Å²) in [7, 11) is 0. The van der Waals surface area contributed by atoms with E-state index < -0.39 is 0 Å². The molecule has 2 saturated carbocycles. The van der Waals surface area contributed by atoms with Crippen LogP contribution < -0.4 is 5.73 Å². The Morgan fingerprint density at radius 2 is 1.55 bits per heavy atom. The van der Waals surface area contributed by atoms with Crippen LogP contribution in [0.25, 0.3) is 0 Å². The lowest BCUT2D eigenvalue weighted by Crippen LogP contribution is -2.58. The Morgan fingerprint density at radius 1 is 0.900 bits per heavy atom. The van der Waals surface area contributed by atoms with Crippen molar-refractivity contribution >= 4 is 0 Å². The van der Waals surface area contributed by atoms with Crippen molar-refractivity contribution in [3.8, 4) is 0 Å². The van der Waals surface area contributed by atoms with Crippen LogP contribution in [0.4, 0.5) is 0 Å². The molecule has 1 saturated heterocycles. The van der Waals surface area contributed by atoms with Gasteiger partial charge in [0.15, 0.2) is 0 Å². The lowest BCUT2D eigenvalue weighted by Gasteiger charge is -2.46. The van der Waals surface area contributed by atoms with Crippen LogP contribution in [-0.4, -0.2) is 54.1 Å². The molecule has 1 heterocycles. The molecule has 0 aromatic rings. The molecule has 1 aliphatic heterocycles. The summed E-state index contributed by atoms with van der Waals surface area (Å²) < 4.78 is 0. The lowest BCUT2D eigenvalue weighted by atomic mass is 9.80. The molecular weight excluding hydrogens is 246 g/mol. The molecule has 116 valence electrons. The van der Waals surface area contributed by atoms with Gasteiger partial charge in [-0.1, -0.05) is 26.2 Å². The van der Waals surface area contributed by atoms with E-state index in [1.54, 1.807) is 0 Å². The number of nitrogens with zero attached hydrogens (tertiary/aromatic N) is 2. The summed E-state index contributed by atoms with van der Waals surface area (Å²) in [5, 5.41) is 0. The van der Waals surface area contributed by atoms with E-state index >= 15 is 0 Å². The second-order valence-corrected chi connectivity index (χ2v) is 7.33. The van der Waals surface area contributed by atoms with Crippen LogP contribution in [0.5, 0.6) is 0 Å². The van der Waals surface area contributed by atoms with E-state index in [0.717, 1.165) is 12.0 Å². The molecule has 0 bridgehead atoms. The summed E-state index contributed by atoms with van der Waals surface area (Å²) in [4.78, 5) is 5.48. The van der Waals surface area contributed by atoms with E-state index in [9.17, 15) is 0 Å². The molecule has 20 heavy (non-hydrogen) atoms. The fraction of sp³-hybridized carbons (Fsp3) is 1.00. The van der Waals surface area contributed by atoms with Gasteiger partial charge in [0.25, 0.3) is 0 Å². The smallest absolute Gasteiger partial charge is 0.0250 e. The maximum atomic E-state index is 6.43. The highest BCUT2D eigenvalue weighted by atomic mass is 15.3. The zero-order valence-electron chi connectivity index (χ0n) is 13.3. The third kappa shape index (κ3) is 3.20. The van der Waals surface area contributed by atoms with Gasteiger partial charge >= 0.3 is 0 Å². The van der Waals surface area contributed by atoms with Crippen molar-refractivity contribution in [2.24, 2.45) is 11.7 Å². The maximum absolute atomic E-state index is 6.43. The van der Waals surface area contributed by atoms with Crippen LogP contribution in [0.1, 0.15) is 58.3 Å². The highest BCUT2D eigenvalue weighted by Gasteiger charge is 2.34. The quantitative estimate of drug-likeness (QED) is 0.861. The van der Waals surface area contributed by atoms with Gasteiger partial charge in [0.05, 0.1) is 0 Å². The summed E-state index contributed by atoms with van der Waals surface area (Å²) in [6, 6.07) is 2.00. The summed E-state index contributed by atoms with van der Waals surface area (Å²) in [5.74, 6) is 0.924. The largest absolute Gasteiger partial charge is 0.326 e. The average molecular weight is 279 g/mol. The van der Waals surface area contributed by atoms with Gasteiger partial charge in [-0.15, -0.1) is 0 Å². The molecule has 0 amide bonds. The number of piperazine rings is 1. The second kappa shape index (κ2) is 6.76. The molecule has 3 unspecified atom stereocenters. The molecule has 3 atom stereocenters. The Labute approximate surface area is 124 Å². The molecule has 0 radical (unpaired) electrons. The lowest BCUT2D eigenvalue weighted by molar-refractivity contribution is 0.0400. The van der Waals surface area contributed by atoms with Crippen LogP contribution in [-0.2, 0) is 0 Å². The third-order valence-electron chi connectivity index (χ3n) is 6.21. The summed E-state index contributed by atoms with van der Waals surface area (Å²) in [6.45, 7) is 7.42. The van der Waals surface area contributed by atoms with Gasteiger partial charge in [0.2, 0.25) is 0 Å². The van der Waals surface area contributed by atoms with Gasteiger partial charge in [-0.2, -0.15) is 0 Å². The van der Waals surface area contributed by atoms with Crippen LogP contribution in [0, 0.1) is 5.92 Å². The number of rotatable bonds is 3. The minimum Gasteiger partial charge on any atom is -0.326 e. The number of hydrogen-bond donors (Lipinski definition) is 1. The van der Waals surface area contributed by atoms with Gasteiger partial charge in [0, 0.05) is 44.3 Å². The van der Waals surface area contributed by atoms with Crippen molar-refractivity contribution in [2.45, 2.75) is 76.4 Å². The maximum Gasteiger partial charge on any atom is 0.0250 e. The highest BCUT2D eigenvalue weighted by molar-refractivity contribution is 4.92. The molecule has 3 heteroatoms. The van der Waals surface area contributed by atoms with Gasteiger partial charge in [-0.3, -0.25) is 9.80 Å². The van der Waals surface area contributed by atoms with E-state index in [1.165, 1.54) is 77.5 Å². The van der Waals surface area contributed by atoms with Crippen molar-refractivity contribution in [1.82, 2.24) is 9.80 Å². The van der Waals surface area contributed by atoms with Crippen LogP contribution in [0.2, 0.25) is 0 Å². The monoisotopic (exact) mass is 279 g/mol. The highest BCUT2D eigenvalue weighted by Crippen LogP contribution is 2.31. The zero-order chi connectivity index (χ0) is 13.9. The molecular formula is C17H33N3. The number of hydrogen-bond acceptors (Lipinski definition) is 3. The van der Waals surface area contributed by atoms with E-state index in [2.05, 4.69) is 16.7 Å². The van der Waals surface area contributed by atoms with Crippen molar-refractivity contribution in [2.75, 3.05) is 26.2 Å². The average Bonchev–Trinajstić information content (AvgIpc) is 3.02. The van der Waals surface area contributed by atoms with Gasteiger partial charge < -0.3 is 5.73 Å². The predicted octanol–water partition coefficient (Wildman–Crippen LogP) is 2.45. The van der Waals surface area contributed by atoms with Crippen molar-refractivity contribution in [3.63, 3.8) is 0 Å². The Hall–Kier alpha value is -0.120. The molecule has 0 spiro atoms. The Morgan fingerprint density at radius 3 is 2.20 bits per heavy atom. The molecule has 3 aliphatic rings. The molecule has 0 aromatic carbocycles. The van der Waals surface area contributed by atoms with Crippen molar-refractivity contribution in [1.29, 1.82) is 0 Å². The second-order valence-electron chi connectivity index (χ2n) is 7.33. The van der Waals surface area contributed by atoms with Crippen LogP contribution in [0.15, 0.2) is 0 Å². The van der Waals surface area contributed by atoms with E-state index in [4.69, 9.17) is 5.73 Å². The van der Waals surface area contributed by atoms with E-state index in [0.29, 0.717) is 12.1 Å². The summed E-state index contributed by atoms with van der Waals surface area (Å²) in [6.07, 6.45) is 11.1. The minimum atomic E-state index is 0.427. The first-order valence-corrected chi connectivity index (χ1v) is 9.01. The fourth-order valence-corrected chi connectivity index (χ4v) is 4.75. The first kappa shape index (κ1) is 14.8. The Bertz CT molecular complexity index is 293. The minimum absolute atomic E-state index is 0.427. The topological polar surface area (TPSA) is 32.5 Å². The molecule has 3 nitrogen and oxygen atoms in total. The first-order chi connectivity index (χ1) is 9.78. The summed E-state index contributed by atoms with van der Waals surface area (Å²) in [5.41, 5.74) is 6.43. The van der Waals surface area contributed by atoms with Gasteiger partial charge in [-0.05, 0) is 38.0 Å². The Kier molecular flexibility index (Phi) is 5.00. The first-order valence-electron chi connectivity index (χ1n) is 9.01. The van der Waals surface area contributed by atoms with Gasteiger partial charge in [0.1, 0.15) is 0 Å². The summed E-state index contributed by atoms with van der Waals surface area (Å²) >= 11 is 0. The zero-order valence-corrected chi connectivity index (χ0v) is 13.3. The molecule has 3 rings (SSSR count). The van der Waals surface area contributed by atoms with Crippen LogP contribution >= 0.6 is 0 Å². The van der Waals surface area contributed by atoms with Crippen molar-refractivity contribution < 1.29 is 0 Å². The standard InChI is InChI=1S/C17H33N3/c1-2-14-7-8-16(18)17(13-14)20-11-9-19(10-12-20)15-5-3-4-6-15/h14-17H,2-13,18H2,1H3. The van der Waals surface area contributed by atoms with Gasteiger partial charge in [-0.25, -0.2) is 0 Å². The number of nitrogens with two attached hydrogens (primary N) is 1.